The van der Waals surface area contributed by atoms with Gasteiger partial charge in [-0.15, -0.1) is 0 Å². The van der Waals surface area contributed by atoms with E-state index in [1.165, 1.54) is 12.0 Å². The Balaban J connectivity index is 0.00000106. The van der Waals surface area contributed by atoms with E-state index >= 15 is 0 Å². The molecule has 1 aromatic carbocycles. The normalized spacial score (nSPS) is 11.0. The van der Waals surface area contributed by atoms with Crippen molar-refractivity contribution in [2.45, 2.75) is 26.2 Å². The minimum absolute atomic E-state index is 0.572. The molecule has 0 heterocycles. The molecule has 0 aliphatic rings. The van der Waals surface area contributed by atoms with Gasteiger partial charge in [0.05, 0.1) is 0 Å². The van der Waals surface area contributed by atoms with Crippen LogP contribution in [0.25, 0.3) is 0 Å². The summed E-state index contributed by atoms with van der Waals surface area (Å²) in [4.78, 5) is 0. The molecule has 0 N–H and O–H groups in total. The number of benzene rings is 1. The van der Waals surface area contributed by atoms with Gasteiger partial charge in [-0.25, -0.2) is 0 Å². The van der Waals surface area contributed by atoms with Crippen molar-refractivity contribution in [3.63, 3.8) is 0 Å². The van der Waals surface area contributed by atoms with Crippen molar-refractivity contribution in [3.8, 4) is 5.75 Å². The van der Waals surface area contributed by atoms with Crippen molar-refractivity contribution < 1.29 is 4.74 Å². The lowest BCUT2D eigenvalue weighted by Gasteiger charge is -2.09. The Hall–Kier alpha value is -0.760. The van der Waals surface area contributed by atoms with Gasteiger partial charge in [-0.1, -0.05) is 54.6 Å². The van der Waals surface area contributed by atoms with E-state index in [-0.39, 0.29) is 0 Å². The van der Waals surface area contributed by atoms with Crippen LogP contribution in [0.5, 0.6) is 5.75 Å². The number of hydrogen-bond acceptors (Lipinski definition) is 1. The van der Waals surface area contributed by atoms with Crippen LogP contribution >= 0.6 is 15.9 Å². The highest BCUT2D eigenvalue weighted by molar-refractivity contribution is 9.08. The zero-order valence-electron chi connectivity index (χ0n) is 10.4. The average molecular weight is 285 g/mol. The maximum absolute atomic E-state index is 5.41. The Bertz CT molecular complexity index is 279. The summed E-state index contributed by atoms with van der Waals surface area (Å²) in [6.45, 7) is 8.62. The number of hydrogen-bond donors (Lipinski definition) is 0. The Morgan fingerprint density at radius 1 is 1.31 bits per heavy atom. The van der Waals surface area contributed by atoms with Crippen LogP contribution in [0.4, 0.5) is 0 Å². The third kappa shape index (κ3) is 5.36. The molecule has 1 aromatic rings. The summed E-state index contributed by atoms with van der Waals surface area (Å²) in [6.07, 6.45) is 2.93. The molecule has 0 saturated carbocycles. The van der Waals surface area contributed by atoms with Gasteiger partial charge in [0.2, 0.25) is 0 Å². The summed E-state index contributed by atoms with van der Waals surface area (Å²) < 4.78 is 5.41. The first-order valence-electron chi connectivity index (χ1n) is 5.49. The molecule has 1 atom stereocenters. The molecule has 16 heavy (non-hydrogen) atoms. The fraction of sp³-hybridized carbons (Fsp3) is 0.429. The summed E-state index contributed by atoms with van der Waals surface area (Å²) in [5.41, 5.74) is 1.37. The molecule has 0 saturated heterocycles. The van der Waals surface area contributed by atoms with Crippen molar-refractivity contribution in [3.05, 3.63) is 42.5 Å². The number of alkyl halides is 1. The van der Waals surface area contributed by atoms with Crippen LogP contribution in [-0.2, 0) is 0 Å². The third-order valence-corrected chi connectivity index (χ3v) is 2.43. The second kappa shape index (κ2) is 9.46. The molecule has 1 rings (SSSR count). The summed E-state index contributed by atoms with van der Waals surface area (Å²) >= 11 is 2.94. The van der Waals surface area contributed by atoms with Crippen LogP contribution in [0.15, 0.2) is 36.9 Å². The molecule has 0 amide bonds. The summed E-state index contributed by atoms with van der Waals surface area (Å²) in [5.74, 6) is 3.35. The maximum Gasteiger partial charge on any atom is 0.119 e. The molecule has 0 aromatic heterocycles. The smallest absolute Gasteiger partial charge is 0.119 e. The van der Waals surface area contributed by atoms with E-state index in [9.17, 15) is 0 Å². The van der Waals surface area contributed by atoms with E-state index in [1.807, 2.05) is 18.0 Å². The van der Waals surface area contributed by atoms with Gasteiger partial charge >= 0.3 is 0 Å². The highest BCUT2D eigenvalue weighted by Gasteiger charge is 2.01. The van der Waals surface area contributed by atoms with Crippen LogP contribution < -0.4 is 4.74 Å². The van der Waals surface area contributed by atoms with Gasteiger partial charge in [0, 0.05) is 0 Å². The van der Waals surface area contributed by atoms with Crippen molar-refractivity contribution in [1.29, 1.82) is 0 Å². The second-order valence-electron chi connectivity index (χ2n) is 3.48. The Morgan fingerprint density at radius 2 is 1.88 bits per heavy atom. The van der Waals surface area contributed by atoms with Crippen LogP contribution in [-0.4, -0.2) is 12.4 Å². The van der Waals surface area contributed by atoms with Gasteiger partial charge in [-0.05, 0) is 35.9 Å². The lowest BCUT2D eigenvalue weighted by atomic mass is 9.99. The lowest BCUT2D eigenvalue weighted by Crippen LogP contribution is -1.94. The van der Waals surface area contributed by atoms with Gasteiger partial charge in [0.25, 0.3) is 0 Å². The second-order valence-corrected chi connectivity index (χ2v) is 3.48. The molecular weight excluding hydrogens is 264 g/mol. The van der Waals surface area contributed by atoms with Gasteiger partial charge in [0.15, 0.2) is 0 Å². The number of ether oxygens (including phenoxy) is 1. The predicted octanol–water partition coefficient (Wildman–Crippen LogP) is 4.78. The Kier molecular flexibility index (Phi) is 9.02. The third-order valence-electron chi connectivity index (χ3n) is 2.43. The monoisotopic (exact) mass is 284 g/mol. The molecule has 0 radical (unpaired) electrons. The topological polar surface area (TPSA) is 9.23 Å². The van der Waals surface area contributed by atoms with E-state index in [0.29, 0.717) is 12.5 Å². The maximum atomic E-state index is 5.41. The minimum Gasteiger partial charge on any atom is -0.490 e. The van der Waals surface area contributed by atoms with Crippen LogP contribution in [0.1, 0.15) is 31.7 Å². The molecule has 2 heteroatoms. The van der Waals surface area contributed by atoms with E-state index in [4.69, 9.17) is 4.74 Å². The largest absolute Gasteiger partial charge is 0.490 e. The first-order valence-corrected chi connectivity index (χ1v) is 7.08. The fourth-order valence-electron chi connectivity index (χ4n) is 1.28. The lowest BCUT2D eigenvalue weighted by molar-refractivity contribution is 0.363. The first kappa shape index (κ1) is 15.2. The van der Waals surface area contributed by atoms with Crippen LogP contribution in [0.2, 0.25) is 0 Å². The number of halogens is 1. The van der Waals surface area contributed by atoms with E-state index in [2.05, 4.69) is 48.5 Å². The molecular formula is C14H21BrO. The molecule has 1 nitrogen and oxygen atoms in total. The Morgan fingerprint density at radius 3 is 2.31 bits per heavy atom. The highest BCUT2D eigenvalue weighted by atomic mass is 79.9. The highest BCUT2D eigenvalue weighted by Crippen LogP contribution is 2.21. The Labute approximate surface area is 108 Å². The summed E-state index contributed by atoms with van der Waals surface area (Å²) in [7, 11) is 0. The van der Waals surface area contributed by atoms with Gasteiger partial charge < -0.3 is 4.74 Å². The van der Waals surface area contributed by atoms with Crippen LogP contribution in [0.3, 0.4) is 0 Å². The summed E-state index contributed by atoms with van der Waals surface area (Å²) in [6, 6.07) is 8.30. The van der Waals surface area contributed by atoms with Gasteiger partial charge in [-0.2, -0.15) is 0 Å². The van der Waals surface area contributed by atoms with Crippen molar-refractivity contribution in [1.82, 2.24) is 0 Å². The first-order chi connectivity index (χ1) is 7.77. The standard InChI is InChI=1S/C13H18O.CH3Br/c1-4-10-14-13-8-6-12(7-9-13)11(3)5-2;1-2/h4,6-9,11H,1,5,10H2,2-3H3;1H3. The van der Waals surface area contributed by atoms with E-state index < -0.39 is 0 Å². The number of rotatable bonds is 5. The molecule has 0 aliphatic carbocycles. The molecule has 0 spiro atoms. The quantitative estimate of drug-likeness (QED) is 0.559. The molecule has 1 unspecified atom stereocenters. The average Bonchev–Trinajstić information content (AvgIpc) is 2.38. The van der Waals surface area contributed by atoms with Crippen LogP contribution in [0, 0.1) is 0 Å². The fourth-order valence-corrected chi connectivity index (χ4v) is 1.28. The summed E-state index contributed by atoms with van der Waals surface area (Å²) in [5, 5.41) is 0. The minimum atomic E-state index is 0.572. The molecule has 0 bridgehead atoms. The van der Waals surface area contributed by atoms with E-state index in [1.54, 1.807) is 6.08 Å². The van der Waals surface area contributed by atoms with Gasteiger partial charge in [-0.3, -0.25) is 0 Å². The zero-order valence-corrected chi connectivity index (χ0v) is 12.0. The molecule has 0 fully saturated rings. The van der Waals surface area contributed by atoms with Crippen molar-refractivity contribution in [2.75, 3.05) is 12.4 Å². The zero-order chi connectivity index (χ0) is 12.4. The van der Waals surface area contributed by atoms with Crippen molar-refractivity contribution in [2.24, 2.45) is 0 Å². The molecule has 0 aliphatic heterocycles. The van der Waals surface area contributed by atoms with Crippen molar-refractivity contribution >= 4 is 15.9 Å². The molecule has 90 valence electrons. The van der Waals surface area contributed by atoms with E-state index in [0.717, 1.165) is 5.75 Å². The predicted molar refractivity (Wildman–Crippen MR) is 75.7 cm³/mol. The van der Waals surface area contributed by atoms with Gasteiger partial charge in [0.1, 0.15) is 12.4 Å². The SMILES string of the molecule is C=CCOc1ccc(C(C)CC)cc1.CBr.